The summed E-state index contributed by atoms with van der Waals surface area (Å²) < 4.78 is 0. The SMILES string of the molecule is OC(CSC1CCCCC1)Cc1ccccc1. The summed E-state index contributed by atoms with van der Waals surface area (Å²) in [6.07, 6.45) is 7.47. The quantitative estimate of drug-likeness (QED) is 0.860. The van der Waals surface area contributed by atoms with Gasteiger partial charge in [-0.2, -0.15) is 11.8 Å². The highest BCUT2D eigenvalue weighted by molar-refractivity contribution is 7.99. The number of hydrogen-bond acceptors (Lipinski definition) is 2. The van der Waals surface area contributed by atoms with Crippen LogP contribution in [-0.4, -0.2) is 22.2 Å². The lowest BCUT2D eigenvalue weighted by molar-refractivity contribution is 0.200. The van der Waals surface area contributed by atoms with Gasteiger partial charge < -0.3 is 5.11 Å². The van der Waals surface area contributed by atoms with Crippen molar-refractivity contribution in [2.75, 3.05) is 5.75 Å². The Morgan fingerprint density at radius 2 is 1.82 bits per heavy atom. The molecule has 1 aromatic carbocycles. The summed E-state index contributed by atoms with van der Waals surface area (Å²) in [7, 11) is 0. The lowest BCUT2D eigenvalue weighted by atomic mass is 10.0. The number of benzene rings is 1. The van der Waals surface area contributed by atoms with Crippen molar-refractivity contribution in [2.45, 2.75) is 49.9 Å². The molecule has 0 radical (unpaired) electrons. The molecule has 0 heterocycles. The van der Waals surface area contributed by atoms with E-state index < -0.39 is 0 Å². The largest absolute Gasteiger partial charge is 0.392 e. The van der Waals surface area contributed by atoms with Crippen molar-refractivity contribution in [3.63, 3.8) is 0 Å². The maximum Gasteiger partial charge on any atom is 0.0670 e. The van der Waals surface area contributed by atoms with Crippen molar-refractivity contribution in [3.8, 4) is 0 Å². The third-order valence-electron chi connectivity index (χ3n) is 3.39. The lowest BCUT2D eigenvalue weighted by Gasteiger charge is -2.22. The molecule has 1 fully saturated rings. The van der Waals surface area contributed by atoms with Crippen LogP contribution in [0.15, 0.2) is 30.3 Å². The number of aliphatic hydroxyl groups excluding tert-OH is 1. The van der Waals surface area contributed by atoms with Crippen LogP contribution in [0.3, 0.4) is 0 Å². The molecule has 1 aromatic rings. The fourth-order valence-corrected chi connectivity index (χ4v) is 3.70. The first-order chi connectivity index (χ1) is 8.34. The molecule has 17 heavy (non-hydrogen) atoms. The van der Waals surface area contributed by atoms with E-state index in [-0.39, 0.29) is 6.10 Å². The lowest BCUT2D eigenvalue weighted by Crippen LogP contribution is -2.17. The molecule has 1 aliphatic rings. The van der Waals surface area contributed by atoms with E-state index >= 15 is 0 Å². The first-order valence-corrected chi connectivity index (χ1v) is 7.73. The van der Waals surface area contributed by atoms with Gasteiger partial charge in [0.15, 0.2) is 0 Å². The normalized spacial score (nSPS) is 19.1. The van der Waals surface area contributed by atoms with Crippen LogP contribution < -0.4 is 0 Å². The molecular formula is C15H22OS. The van der Waals surface area contributed by atoms with Gasteiger partial charge >= 0.3 is 0 Å². The minimum Gasteiger partial charge on any atom is -0.392 e. The molecule has 0 aromatic heterocycles. The topological polar surface area (TPSA) is 20.2 Å². The molecule has 1 nitrogen and oxygen atoms in total. The van der Waals surface area contributed by atoms with Gasteiger partial charge in [-0.15, -0.1) is 0 Å². The number of aliphatic hydroxyl groups is 1. The molecule has 0 amide bonds. The molecule has 1 N–H and O–H groups in total. The Morgan fingerprint density at radius 3 is 2.53 bits per heavy atom. The number of thioether (sulfide) groups is 1. The van der Waals surface area contributed by atoms with Crippen LogP contribution in [0.25, 0.3) is 0 Å². The predicted octanol–water partition coefficient (Wildman–Crippen LogP) is 3.66. The van der Waals surface area contributed by atoms with Crippen molar-refractivity contribution in [2.24, 2.45) is 0 Å². The van der Waals surface area contributed by atoms with E-state index in [1.54, 1.807) is 0 Å². The van der Waals surface area contributed by atoms with Crippen molar-refractivity contribution >= 4 is 11.8 Å². The fourth-order valence-electron chi connectivity index (χ4n) is 2.42. The highest BCUT2D eigenvalue weighted by Crippen LogP contribution is 2.28. The molecule has 2 heteroatoms. The van der Waals surface area contributed by atoms with Crippen molar-refractivity contribution in [1.29, 1.82) is 0 Å². The van der Waals surface area contributed by atoms with Gasteiger partial charge in [0.05, 0.1) is 6.10 Å². The molecule has 0 saturated heterocycles. The summed E-state index contributed by atoms with van der Waals surface area (Å²) in [5.74, 6) is 0.888. The van der Waals surface area contributed by atoms with E-state index in [4.69, 9.17) is 0 Å². The summed E-state index contributed by atoms with van der Waals surface area (Å²) >= 11 is 1.97. The van der Waals surface area contributed by atoms with E-state index in [1.807, 2.05) is 30.0 Å². The Bertz CT molecular complexity index is 306. The predicted molar refractivity (Wildman–Crippen MR) is 75.5 cm³/mol. The summed E-state index contributed by atoms with van der Waals surface area (Å²) in [6, 6.07) is 10.3. The molecule has 1 aliphatic carbocycles. The second-order valence-corrected chi connectivity index (χ2v) is 6.27. The fraction of sp³-hybridized carbons (Fsp3) is 0.600. The maximum atomic E-state index is 10.0. The summed E-state index contributed by atoms with van der Waals surface area (Å²) in [4.78, 5) is 0. The first kappa shape index (κ1) is 13.0. The average molecular weight is 250 g/mol. The molecule has 1 saturated carbocycles. The average Bonchev–Trinajstić information content (AvgIpc) is 2.39. The van der Waals surface area contributed by atoms with E-state index in [0.29, 0.717) is 0 Å². The minimum atomic E-state index is -0.190. The Kier molecular flexibility index (Phi) is 5.40. The van der Waals surface area contributed by atoms with Gasteiger partial charge in [0.2, 0.25) is 0 Å². The van der Waals surface area contributed by atoms with Gasteiger partial charge in [-0.1, -0.05) is 49.6 Å². The van der Waals surface area contributed by atoms with Gasteiger partial charge in [0.25, 0.3) is 0 Å². The molecule has 1 atom stereocenters. The zero-order valence-electron chi connectivity index (χ0n) is 10.3. The molecule has 0 aliphatic heterocycles. The Balaban J connectivity index is 1.68. The van der Waals surface area contributed by atoms with Crippen molar-refractivity contribution in [1.82, 2.24) is 0 Å². The molecule has 1 unspecified atom stereocenters. The first-order valence-electron chi connectivity index (χ1n) is 6.68. The Morgan fingerprint density at radius 1 is 1.12 bits per heavy atom. The van der Waals surface area contributed by atoms with Gasteiger partial charge in [0, 0.05) is 11.0 Å². The van der Waals surface area contributed by atoms with Gasteiger partial charge in [-0.05, 0) is 24.8 Å². The van der Waals surface area contributed by atoms with Gasteiger partial charge in [-0.25, -0.2) is 0 Å². The van der Waals surface area contributed by atoms with E-state index in [9.17, 15) is 5.11 Å². The van der Waals surface area contributed by atoms with Crippen LogP contribution in [0.5, 0.6) is 0 Å². The van der Waals surface area contributed by atoms with Crippen LogP contribution in [0.4, 0.5) is 0 Å². The zero-order chi connectivity index (χ0) is 11.9. The van der Waals surface area contributed by atoms with E-state index in [1.165, 1.54) is 37.7 Å². The third kappa shape index (κ3) is 4.72. The second-order valence-electron chi connectivity index (χ2n) is 4.94. The molecule has 0 bridgehead atoms. The summed E-state index contributed by atoms with van der Waals surface area (Å²) in [6.45, 7) is 0. The van der Waals surface area contributed by atoms with Crippen LogP contribution in [0.1, 0.15) is 37.7 Å². The van der Waals surface area contributed by atoms with E-state index in [0.717, 1.165) is 17.4 Å². The summed E-state index contributed by atoms with van der Waals surface area (Å²) in [5.41, 5.74) is 1.24. The monoisotopic (exact) mass is 250 g/mol. The molecular weight excluding hydrogens is 228 g/mol. The summed E-state index contributed by atoms with van der Waals surface area (Å²) in [5, 5.41) is 10.8. The Labute approximate surface area is 109 Å². The standard InChI is InChI=1S/C15H22OS/c16-14(11-13-7-3-1-4-8-13)12-17-15-9-5-2-6-10-15/h1,3-4,7-8,14-16H,2,5-6,9-12H2. The molecule has 0 spiro atoms. The zero-order valence-corrected chi connectivity index (χ0v) is 11.2. The van der Waals surface area contributed by atoms with Crippen LogP contribution in [-0.2, 0) is 6.42 Å². The molecule has 94 valence electrons. The van der Waals surface area contributed by atoms with Gasteiger partial charge in [0.1, 0.15) is 0 Å². The van der Waals surface area contributed by atoms with Crippen molar-refractivity contribution in [3.05, 3.63) is 35.9 Å². The highest BCUT2D eigenvalue weighted by Gasteiger charge is 2.15. The van der Waals surface area contributed by atoms with Crippen LogP contribution in [0, 0.1) is 0 Å². The van der Waals surface area contributed by atoms with Gasteiger partial charge in [-0.3, -0.25) is 0 Å². The second kappa shape index (κ2) is 7.07. The smallest absolute Gasteiger partial charge is 0.0670 e. The highest BCUT2D eigenvalue weighted by atomic mass is 32.2. The van der Waals surface area contributed by atoms with Crippen LogP contribution >= 0.6 is 11.8 Å². The minimum absolute atomic E-state index is 0.190. The maximum absolute atomic E-state index is 10.0. The number of hydrogen-bond donors (Lipinski definition) is 1. The van der Waals surface area contributed by atoms with Crippen LogP contribution in [0.2, 0.25) is 0 Å². The number of rotatable bonds is 5. The molecule has 2 rings (SSSR count). The van der Waals surface area contributed by atoms with E-state index in [2.05, 4.69) is 12.1 Å². The third-order valence-corrected chi connectivity index (χ3v) is 4.91. The Hall–Kier alpha value is -0.470. The van der Waals surface area contributed by atoms with Crippen molar-refractivity contribution < 1.29 is 5.11 Å².